The van der Waals surface area contributed by atoms with Gasteiger partial charge in [0.25, 0.3) is 0 Å². The molecule has 2 fully saturated rings. The molecule has 0 saturated carbocycles. The van der Waals surface area contributed by atoms with Gasteiger partial charge in [-0.3, -0.25) is 4.79 Å². The highest BCUT2D eigenvalue weighted by atomic mass is 35.5. The molecule has 5 nitrogen and oxygen atoms in total. The van der Waals surface area contributed by atoms with Crippen molar-refractivity contribution in [2.75, 3.05) is 31.1 Å². The van der Waals surface area contributed by atoms with Crippen molar-refractivity contribution < 1.29 is 14.3 Å². The number of ether oxygens (including phenoxy) is 1. The molecule has 1 aromatic rings. The summed E-state index contributed by atoms with van der Waals surface area (Å²) < 4.78 is 5.46. The van der Waals surface area contributed by atoms with Gasteiger partial charge in [-0.25, -0.2) is 4.79 Å². The highest BCUT2D eigenvalue weighted by Crippen LogP contribution is 2.35. The average Bonchev–Trinajstić information content (AvgIpc) is 3.03. The fourth-order valence-electron chi connectivity index (χ4n) is 3.53. The fourth-order valence-corrected chi connectivity index (χ4v) is 3.76. The van der Waals surface area contributed by atoms with Crippen molar-refractivity contribution in [2.24, 2.45) is 11.8 Å². The molecule has 6 heteroatoms. The largest absolute Gasteiger partial charge is 0.444 e. The third-order valence-electron chi connectivity index (χ3n) is 4.54. The summed E-state index contributed by atoms with van der Waals surface area (Å²) in [5, 5.41) is 0.571. The van der Waals surface area contributed by atoms with Crippen LogP contribution in [0, 0.1) is 11.8 Å². The predicted molar refractivity (Wildman–Crippen MR) is 93.8 cm³/mol. The van der Waals surface area contributed by atoms with E-state index in [1.807, 2.05) is 37.8 Å². The van der Waals surface area contributed by atoms with Crippen molar-refractivity contribution in [3.63, 3.8) is 0 Å². The molecule has 3 rings (SSSR count). The first-order chi connectivity index (χ1) is 11.2. The third-order valence-corrected chi connectivity index (χ3v) is 4.76. The zero-order chi connectivity index (χ0) is 17.5. The van der Waals surface area contributed by atoms with Gasteiger partial charge >= 0.3 is 6.09 Å². The van der Waals surface area contributed by atoms with E-state index in [2.05, 4.69) is 4.90 Å². The van der Waals surface area contributed by atoms with E-state index in [4.69, 9.17) is 16.3 Å². The summed E-state index contributed by atoms with van der Waals surface area (Å²) in [6.07, 6.45) is 0.589. The predicted octanol–water partition coefficient (Wildman–Crippen LogP) is 3.46. The van der Waals surface area contributed by atoms with Gasteiger partial charge in [0.15, 0.2) is 0 Å². The minimum atomic E-state index is -0.465. The Hall–Kier alpha value is -1.75. The van der Waals surface area contributed by atoms with Crippen LogP contribution in [-0.4, -0.2) is 49.1 Å². The van der Waals surface area contributed by atoms with Crippen LogP contribution >= 0.6 is 11.6 Å². The van der Waals surface area contributed by atoms with Crippen molar-refractivity contribution >= 4 is 29.7 Å². The molecule has 130 valence electrons. The van der Waals surface area contributed by atoms with Crippen LogP contribution in [0.3, 0.4) is 0 Å². The molecule has 0 N–H and O–H groups in total. The molecule has 0 bridgehead atoms. The van der Waals surface area contributed by atoms with E-state index < -0.39 is 5.60 Å². The number of hydrogen-bond acceptors (Lipinski definition) is 4. The van der Waals surface area contributed by atoms with Gasteiger partial charge < -0.3 is 14.5 Å². The number of carbonyl (C=O) groups is 2. The quantitative estimate of drug-likeness (QED) is 0.766. The van der Waals surface area contributed by atoms with E-state index >= 15 is 0 Å². The number of anilines is 1. The second-order valence-electron chi connectivity index (χ2n) is 7.67. The molecule has 2 saturated heterocycles. The second-order valence-corrected chi connectivity index (χ2v) is 8.11. The summed E-state index contributed by atoms with van der Waals surface area (Å²) >= 11 is 6.10. The van der Waals surface area contributed by atoms with E-state index in [0.717, 1.165) is 38.2 Å². The van der Waals surface area contributed by atoms with Crippen molar-refractivity contribution in [3.8, 4) is 0 Å². The zero-order valence-electron chi connectivity index (χ0n) is 14.3. The summed E-state index contributed by atoms with van der Waals surface area (Å²) in [4.78, 5) is 27.3. The van der Waals surface area contributed by atoms with E-state index in [0.29, 0.717) is 22.4 Å². The van der Waals surface area contributed by atoms with Gasteiger partial charge in [0.1, 0.15) is 11.9 Å². The lowest BCUT2D eigenvalue weighted by Gasteiger charge is -2.26. The van der Waals surface area contributed by atoms with Crippen LogP contribution in [0.25, 0.3) is 0 Å². The van der Waals surface area contributed by atoms with Crippen LogP contribution in [-0.2, 0) is 4.74 Å². The number of likely N-dealkylation sites (tertiary alicyclic amines) is 1. The second kappa shape index (κ2) is 6.28. The summed E-state index contributed by atoms with van der Waals surface area (Å²) in [6.45, 7) is 8.81. The van der Waals surface area contributed by atoms with Gasteiger partial charge in [-0.05, 0) is 39.0 Å². The van der Waals surface area contributed by atoms with Crippen molar-refractivity contribution in [1.29, 1.82) is 0 Å². The molecule has 0 aliphatic carbocycles. The molecular weight excluding hydrogens is 328 g/mol. The number of amides is 1. The lowest BCUT2D eigenvalue weighted by molar-refractivity contribution is 0.0282. The number of carbonyl (C=O) groups excluding carboxylic acids is 2. The van der Waals surface area contributed by atoms with Gasteiger partial charge in [0, 0.05) is 54.3 Å². The van der Waals surface area contributed by atoms with Crippen LogP contribution in [0.15, 0.2) is 18.2 Å². The average molecular weight is 351 g/mol. The topological polar surface area (TPSA) is 49.9 Å². The third kappa shape index (κ3) is 3.66. The number of hydrogen-bond donors (Lipinski definition) is 0. The van der Waals surface area contributed by atoms with Crippen molar-refractivity contribution in [3.05, 3.63) is 28.8 Å². The normalized spacial score (nSPS) is 23.3. The van der Waals surface area contributed by atoms with Gasteiger partial charge in [-0.15, -0.1) is 0 Å². The highest BCUT2D eigenvalue weighted by molar-refractivity contribution is 6.31. The smallest absolute Gasteiger partial charge is 0.410 e. The Morgan fingerprint density at radius 3 is 2.33 bits per heavy atom. The number of aldehydes is 1. The van der Waals surface area contributed by atoms with E-state index in [1.165, 1.54) is 0 Å². The summed E-state index contributed by atoms with van der Waals surface area (Å²) in [5.74, 6) is 0.854. The Kier molecular flexibility index (Phi) is 4.47. The Labute approximate surface area is 147 Å². The molecule has 0 radical (unpaired) electrons. The lowest BCUT2D eigenvalue weighted by Crippen LogP contribution is -2.37. The molecule has 2 aliphatic heterocycles. The van der Waals surface area contributed by atoms with Crippen LogP contribution in [0.5, 0.6) is 0 Å². The van der Waals surface area contributed by atoms with Crippen LogP contribution in [0.2, 0.25) is 5.02 Å². The SMILES string of the molecule is CC(C)(C)OC(=O)N1CC2CN(c3cc(Cl)cc(C=O)c3)CC2C1. The maximum absolute atomic E-state index is 12.2. The van der Waals surface area contributed by atoms with Crippen molar-refractivity contribution in [1.82, 2.24) is 4.90 Å². The molecular formula is C18H23ClN2O3. The standard InChI is InChI=1S/C18H23ClN2O3/c1-18(2,3)24-17(23)21-9-13-7-20(8-14(13)10-21)16-5-12(11-22)4-15(19)6-16/h4-6,11,13-14H,7-10H2,1-3H3. The minimum absolute atomic E-state index is 0.227. The maximum Gasteiger partial charge on any atom is 0.410 e. The number of nitrogens with zero attached hydrogens (tertiary/aromatic N) is 2. The van der Waals surface area contributed by atoms with E-state index in [9.17, 15) is 9.59 Å². The Morgan fingerprint density at radius 1 is 1.17 bits per heavy atom. The summed E-state index contributed by atoms with van der Waals surface area (Å²) in [7, 11) is 0. The van der Waals surface area contributed by atoms with Gasteiger partial charge in [-0.1, -0.05) is 11.6 Å². The lowest BCUT2D eigenvalue weighted by atomic mass is 10.0. The minimum Gasteiger partial charge on any atom is -0.444 e. The molecule has 0 spiro atoms. The summed E-state index contributed by atoms with van der Waals surface area (Å²) in [6, 6.07) is 5.42. The van der Waals surface area contributed by atoms with Crippen molar-refractivity contribution in [2.45, 2.75) is 26.4 Å². The number of halogens is 1. The first kappa shape index (κ1) is 17.1. The molecule has 0 aromatic heterocycles. The first-order valence-corrected chi connectivity index (χ1v) is 8.61. The number of fused-ring (bicyclic) bond motifs is 1. The van der Waals surface area contributed by atoms with Gasteiger partial charge in [0.05, 0.1) is 0 Å². The summed E-state index contributed by atoms with van der Waals surface area (Å²) in [5.41, 5.74) is 1.10. The molecule has 2 unspecified atom stereocenters. The van der Waals surface area contributed by atoms with E-state index in [-0.39, 0.29) is 6.09 Å². The molecule has 1 amide bonds. The monoisotopic (exact) mass is 350 g/mol. The number of rotatable bonds is 2. The molecule has 24 heavy (non-hydrogen) atoms. The first-order valence-electron chi connectivity index (χ1n) is 8.24. The van der Waals surface area contributed by atoms with E-state index in [1.54, 1.807) is 6.07 Å². The Morgan fingerprint density at radius 2 is 1.79 bits per heavy atom. The van der Waals surface area contributed by atoms with Gasteiger partial charge in [0.2, 0.25) is 0 Å². The molecule has 1 aromatic carbocycles. The van der Waals surface area contributed by atoms with Crippen LogP contribution in [0.4, 0.5) is 10.5 Å². The Bertz CT molecular complexity index is 642. The molecule has 2 atom stereocenters. The fraction of sp³-hybridized carbons (Fsp3) is 0.556. The maximum atomic E-state index is 12.2. The number of benzene rings is 1. The molecule has 2 heterocycles. The molecule has 2 aliphatic rings. The Balaban J connectivity index is 1.64. The van der Waals surface area contributed by atoms with Crippen LogP contribution in [0.1, 0.15) is 31.1 Å². The van der Waals surface area contributed by atoms with Crippen LogP contribution < -0.4 is 4.90 Å². The van der Waals surface area contributed by atoms with Gasteiger partial charge in [-0.2, -0.15) is 0 Å². The zero-order valence-corrected chi connectivity index (χ0v) is 15.0. The highest BCUT2D eigenvalue weighted by Gasteiger charge is 2.42.